The Bertz CT molecular complexity index is 676. The van der Waals surface area contributed by atoms with Crippen LogP contribution in [0.25, 0.3) is 0 Å². The second-order valence-corrected chi connectivity index (χ2v) is 4.75. The van der Waals surface area contributed by atoms with E-state index in [2.05, 4.69) is 17.5 Å². The standard InChI is InChI=1S/C16H15N3O/c17-10-11-4-3-6-14(16(11)18)19-13-8-9-20-15-7-2-1-5-12(13)15/h1-7,13,19H,8-9,18H2. The first kappa shape index (κ1) is 12.4. The van der Waals surface area contributed by atoms with Gasteiger partial charge in [0.15, 0.2) is 0 Å². The lowest BCUT2D eigenvalue weighted by molar-refractivity contribution is 0.274. The maximum absolute atomic E-state index is 9.03. The van der Waals surface area contributed by atoms with Gasteiger partial charge in [-0.05, 0) is 18.2 Å². The monoisotopic (exact) mass is 265 g/mol. The quantitative estimate of drug-likeness (QED) is 0.819. The van der Waals surface area contributed by atoms with E-state index >= 15 is 0 Å². The molecule has 1 heterocycles. The van der Waals surface area contributed by atoms with Gasteiger partial charge in [0.1, 0.15) is 11.8 Å². The topological polar surface area (TPSA) is 71.1 Å². The number of nitrogens with two attached hydrogens (primary N) is 1. The van der Waals surface area contributed by atoms with Gasteiger partial charge in [0.25, 0.3) is 0 Å². The summed E-state index contributed by atoms with van der Waals surface area (Å²) < 4.78 is 5.64. The van der Waals surface area contributed by atoms with E-state index < -0.39 is 0 Å². The van der Waals surface area contributed by atoms with Gasteiger partial charge in [-0.1, -0.05) is 24.3 Å². The number of nitriles is 1. The number of nitrogens with one attached hydrogen (secondary N) is 1. The van der Waals surface area contributed by atoms with Crippen molar-refractivity contribution < 1.29 is 4.74 Å². The highest BCUT2D eigenvalue weighted by molar-refractivity contribution is 5.73. The van der Waals surface area contributed by atoms with Crippen molar-refractivity contribution in [3.8, 4) is 11.8 Å². The van der Waals surface area contributed by atoms with E-state index in [1.165, 1.54) is 0 Å². The number of benzene rings is 2. The van der Waals surface area contributed by atoms with E-state index in [0.29, 0.717) is 17.9 Å². The molecule has 0 aromatic heterocycles. The first-order chi connectivity index (χ1) is 9.79. The fraction of sp³-hybridized carbons (Fsp3) is 0.188. The van der Waals surface area contributed by atoms with Crippen molar-refractivity contribution in [1.29, 1.82) is 5.26 Å². The second kappa shape index (κ2) is 5.14. The average Bonchev–Trinajstić information content (AvgIpc) is 2.50. The lowest BCUT2D eigenvalue weighted by Crippen LogP contribution is -2.20. The van der Waals surface area contributed by atoms with Crippen LogP contribution in [0.2, 0.25) is 0 Å². The zero-order chi connectivity index (χ0) is 13.9. The predicted molar refractivity (Wildman–Crippen MR) is 78.5 cm³/mol. The minimum absolute atomic E-state index is 0.149. The highest BCUT2D eigenvalue weighted by Gasteiger charge is 2.21. The summed E-state index contributed by atoms with van der Waals surface area (Å²) >= 11 is 0. The second-order valence-electron chi connectivity index (χ2n) is 4.75. The molecule has 100 valence electrons. The minimum atomic E-state index is 0.149. The Morgan fingerprint density at radius 2 is 2.05 bits per heavy atom. The van der Waals surface area contributed by atoms with E-state index in [-0.39, 0.29) is 6.04 Å². The molecule has 0 saturated heterocycles. The molecule has 0 radical (unpaired) electrons. The van der Waals surface area contributed by atoms with Crippen molar-refractivity contribution in [3.63, 3.8) is 0 Å². The first-order valence-corrected chi connectivity index (χ1v) is 6.56. The van der Waals surface area contributed by atoms with Crippen LogP contribution in [-0.4, -0.2) is 6.61 Å². The largest absolute Gasteiger partial charge is 0.493 e. The van der Waals surface area contributed by atoms with Gasteiger partial charge >= 0.3 is 0 Å². The summed E-state index contributed by atoms with van der Waals surface area (Å²) in [5, 5.41) is 12.5. The number of nitrogens with zero attached hydrogens (tertiary/aromatic N) is 1. The molecule has 1 unspecified atom stereocenters. The lowest BCUT2D eigenvalue weighted by Gasteiger charge is -2.28. The third kappa shape index (κ3) is 2.14. The molecule has 4 heteroatoms. The van der Waals surface area contributed by atoms with Gasteiger partial charge in [-0.25, -0.2) is 0 Å². The molecule has 4 nitrogen and oxygen atoms in total. The third-order valence-electron chi connectivity index (χ3n) is 3.51. The van der Waals surface area contributed by atoms with Crippen molar-refractivity contribution in [3.05, 3.63) is 53.6 Å². The van der Waals surface area contributed by atoms with Crippen LogP contribution in [0.3, 0.4) is 0 Å². The number of hydrogen-bond donors (Lipinski definition) is 2. The smallest absolute Gasteiger partial charge is 0.124 e. The van der Waals surface area contributed by atoms with Crippen molar-refractivity contribution in [2.45, 2.75) is 12.5 Å². The van der Waals surface area contributed by atoms with Gasteiger partial charge < -0.3 is 15.8 Å². The highest BCUT2D eigenvalue weighted by atomic mass is 16.5. The summed E-state index contributed by atoms with van der Waals surface area (Å²) in [6.07, 6.45) is 0.868. The molecule has 0 amide bonds. The minimum Gasteiger partial charge on any atom is -0.493 e. The van der Waals surface area contributed by atoms with Gasteiger partial charge in [-0.15, -0.1) is 0 Å². The SMILES string of the molecule is N#Cc1cccc(NC2CCOc3ccccc32)c1N. The molecular formula is C16H15N3O. The number of hydrogen-bond acceptors (Lipinski definition) is 4. The van der Waals surface area contributed by atoms with Crippen LogP contribution in [0.5, 0.6) is 5.75 Å². The summed E-state index contributed by atoms with van der Waals surface area (Å²) in [5.74, 6) is 0.909. The van der Waals surface area contributed by atoms with Crippen LogP contribution >= 0.6 is 0 Å². The molecular weight excluding hydrogens is 250 g/mol. The molecule has 0 saturated carbocycles. The number of ether oxygens (including phenoxy) is 1. The number of nitrogen functional groups attached to an aromatic ring is 1. The van der Waals surface area contributed by atoms with Crippen LogP contribution in [0.1, 0.15) is 23.6 Å². The molecule has 2 aromatic rings. The van der Waals surface area contributed by atoms with E-state index in [1.807, 2.05) is 30.3 Å². The van der Waals surface area contributed by atoms with E-state index in [0.717, 1.165) is 23.4 Å². The molecule has 0 spiro atoms. The van der Waals surface area contributed by atoms with Crippen LogP contribution in [0, 0.1) is 11.3 Å². The summed E-state index contributed by atoms with van der Waals surface area (Å²) in [4.78, 5) is 0. The number of anilines is 2. The molecule has 20 heavy (non-hydrogen) atoms. The summed E-state index contributed by atoms with van der Waals surface area (Å²) in [7, 11) is 0. The van der Waals surface area contributed by atoms with Gasteiger partial charge in [0, 0.05) is 12.0 Å². The predicted octanol–water partition coefficient (Wildman–Crippen LogP) is 3.08. The Hall–Kier alpha value is -2.67. The van der Waals surface area contributed by atoms with Crippen molar-refractivity contribution in [2.24, 2.45) is 0 Å². The Morgan fingerprint density at radius 3 is 2.90 bits per heavy atom. The van der Waals surface area contributed by atoms with Crippen molar-refractivity contribution >= 4 is 11.4 Å². The molecule has 0 fully saturated rings. The van der Waals surface area contributed by atoms with E-state index in [4.69, 9.17) is 15.7 Å². The fourth-order valence-electron chi connectivity index (χ4n) is 2.47. The molecule has 0 bridgehead atoms. The number of rotatable bonds is 2. The maximum Gasteiger partial charge on any atom is 0.124 e. The normalized spacial score (nSPS) is 16.6. The lowest BCUT2D eigenvalue weighted by atomic mass is 10.00. The molecule has 0 aliphatic carbocycles. The van der Waals surface area contributed by atoms with Crippen molar-refractivity contribution in [2.75, 3.05) is 17.7 Å². The fourth-order valence-corrected chi connectivity index (χ4v) is 2.47. The summed E-state index contributed by atoms with van der Waals surface area (Å²) in [5.41, 5.74) is 8.93. The molecule has 1 aliphatic rings. The first-order valence-electron chi connectivity index (χ1n) is 6.56. The van der Waals surface area contributed by atoms with Gasteiger partial charge in [0.05, 0.1) is 29.6 Å². The average molecular weight is 265 g/mol. The molecule has 3 N–H and O–H groups in total. The van der Waals surface area contributed by atoms with Crippen LogP contribution in [-0.2, 0) is 0 Å². The highest BCUT2D eigenvalue weighted by Crippen LogP contribution is 2.35. The molecule has 3 rings (SSSR count). The van der Waals surface area contributed by atoms with E-state index in [1.54, 1.807) is 6.07 Å². The third-order valence-corrected chi connectivity index (χ3v) is 3.51. The van der Waals surface area contributed by atoms with Gasteiger partial charge in [-0.3, -0.25) is 0 Å². The molecule has 2 aromatic carbocycles. The van der Waals surface area contributed by atoms with Crippen LogP contribution < -0.4 is 15.8 Å². The Balaban J connectivity index is 1.92. The van der Waals surface area contributed by atoms with Gasteiger partial charge in [-0.2, -0.15) is 5.26 Å². The Labute approximate surface area is 117 Å². The number of para-hydroxylation sites is 2. The van der Waals surface area contributed by atoms with Crippen molar-refractivity contribution in [1.82, 2.24) is 0 Å². The van der Waals surface area contributed by atoms with E-state index in [9.17, 15) is 0 Å². The Kier molecular flexibility index (Phi) is 3.18. The molecule has 1 atom stereocenters. The zero-order valence-corrected chi connectivity index (χ0v) is 11.0. The zero-order valence-electron chi connectivity index (χ0n) is 11.0. The molecule has 1 aliphatic heterocycles. The summed E-state index contributed by atoms with van der Waals surface area (Å²) in [6, 6.07) is 15.7. The Morgan fingerprint density at radius 1 is 1.20 bits per heavy atom. The summed E-state index contributed by atoms with van der Waals surface area (Å²) in [6.45, 7) is 0.673. The number of fused-ring (bicyclic) bond motifs is 1. The van der Waals surface area contributed by atoms with Crippen LogP contribution in [0.4, 0.5) is 11.4 Å². The van der Waals surface area contributed by atoms with Crippen LogP contribution in [0.15, 0.2) is 42.5 Å². The van der Waals surface area contributed by atoms with Gasteiger partial charge in [0.2, 0.25) is 0 Å². The maximum atomic E-state index is 9.03.